The highest BCUT2D eigenvalue weighted by atomic mass is 79.9. The number of H-pyrrole nitrogens is 2. The number of aryl methyl sites for hydroxylation is 1. The van der Waals surface area contributed by atoms with Gasteiger partial charge in [-0.1, -0.05) is 15.9 Å². The normalized spacial score (nSPS) is 13.0. The molecular weight excluding hydrogens is 348 g/mol. The summed E-state index contributed by atoms with van der Waals surface area (Å²) in [6.07, 6.45) is 0. The van der Waals surface area contributed by atoms with Gasteiger partial charge in [0, 0.05) is 4.47 Å². The summed E-state index contributed by atoms with van der Waals surface area (Å²) in [5, 5.41) is 3.90. The molecule has 6 heteroatoms. The predicted octanol–water partition coefficient (Wildman–Crippen LogP) is 4.32. The smallest absolute Gasteiger partial charge is 0.306 e. The van der Waals surface area contributed by atoms with E-state index in [9.17, 15) is 4.79 Å². The predicted molar refractivity (Wildman–Crippen MR) is 83.4 cm³/mol. The first-order valence-electron chi connectivity index (χ1n) is 5.64. The standard InChI is InChI=1S/C13H10BrClN2OS/c1-6-4-19-5-8(6)12(15)7-2-10-11(3-9(7)14)17-13(18)16-10/h2-5,12H,1H3,(H2,16,17,18). The number of alkyl halides is 1. The third kappa shape index (κ3) is 2.26. The number of fused-ring (bicyclic) bond motifs is 1. The number of hydrogen-bond acceptors (Lipinski definition) is 2. The lowest BCUT2D eigenvalue weighted by Crippen LogP contribution is -1.99. The molecule has 1 aromatic carbocycles. The molecule has 0 saturated carbocycles. The molecule has 2 N–H and O–H groups in total. The second kappa shape index (κ2) is 4.81. The molecule has 98 valence electrons. The van der Waals surface area contributed by atoms with Crippen LogP contribution in [0.3, 0.4) is 0 Å². The largest absolute Gasteiger partial charge is 0.323 e. The van der Waals surface area contributed by atoms with Crippen molar-refractivity contribution in [2.45, 2.75) is 12.3 Å². The molecule has 0 aliphatic heterocycles. The van der Waals surface area contributed by atoms with Gasteiger partial charge in [0.25, 0.3) is 0 Å². The van der Waals surface area contributed by atoms with Crippen molar-refractivity contribution in [3.63, 3.8) is 0 Å². The van der Waals surface area contributed by atoms with Crippen molar-refractivity contribution in [3.8, 4) is 0 Å². The molecule has 3 nitrogen and oxygen atoms in total. The van der Waals surface area contributed by atoms with Gasteiger partial charge in [0.15, 0.2) is 0 Å². The lowest BCUT2D eigenvalue weighted by atomic mass is 10.0. The molecule has 0 spiro atoms. The number of thiophene rings is 1. The van der Waals surface area contributed by atoms with Crippen LogP contribution in [0.2, 0.25) is 0 Å². The van der Waals surface area contributed by atoms with E-state index in [4.69, 9.17) is 11.6 Å². The Hall–Kier alpha value is -1.04. The number of rotatable bonds is 2. The number of benzene rings is 1. The molecule has 2 heterocycles. The van der Waals surface area contributed by atoms with E-state index in [-0.39, 0.29) is 11.1 Å². The van der Waals surface area contributed by atoms with Gasteiger partial charge in [0.05, 0.1) is 16.4 Å². The van der Waals surface area contributed by atoms with Gasteiger partial charge >= 0.3 is 5.69 Å². The average molecular weight is 358 g/mol. The third-order valence-corrected chi connectivity index (χ3v) is 5.11. The maximum absolute atomic E-state index is 11.3. The van der Waals surface area contributed by atoms with Crippen molar-refractivity contribution in [2.75, 3.05) is 0 Å². The van der Waals surface area contributed by atoms with E-state index in [0.29, 0.717) is 0 Å². The number of nitrogens with one attached hydrogen (secondary N) is 2. The zero-order chi connectivity index (χ0) is 13.6. The maximum Gasteiger partial charge on any atom is 0.323 e. The highest BCUT2D eigenvalue weighted by molar-refractivity contribution is 9.10. The quantitative estimate of drug-likeness (QED) is 0.659. The van der Waals surface area contributed by atoms with Crippen molar-refractivity contribution in [1.29, 1.82) is 0 Å². The van der Waals surface area contributed by atoms with Crippen LogP contribution in [0.4, 0.5) is 0 Å². The lowest BCUT2D eigenvalue weighted by Gasteiger charge is -2.12. The summed E-state index contributed by atoms with van der Waals surface area (Å²) in [4.78, 5) is 16.8. The highest BCUT2D eigenvalue weighted by Gasteiger charge is 2.18. The summed E-state index contributed by atoms with van der Waals surface area (Å²) in [5.74, 6) is 0. The summed E-state index contributed by atoms with van der Waals surface area (Å²) >= 11 is 11.7. The minimum absolute atomic E-state index is 0.211. The SMILES string of the molecule is Cc1cscc1C(Cl)c1cc2[nH]c(=O)[nH]c2cc1Br. The van der Waals surface area contributed by atoms with Crippen LogP contribution in [0.1, 0.15) is 22.1 Å². The van der Waals surface area contributed by atoms with Gasteiger partial charge < -0.3 is 9.97 Å². The van der Waals surface area contributed by atoms with Crippen molar-refractivity contribution in [3.05, 3.63) is 54.5 Å². The second-order valence-electron chi connectivity index (χ2n) is 4.37. The maximum atomic E-state index is 11.3. The molecule has 0 aliphatic rings. The molecule has 1 unspecified atom stereocenters. The van der Waals surface area contributed by atoms with Crippen LogP contribution in [0.25, 0.3) is 11.0 Å². The molecular formula is C13H10BrClN2OS. The number of hydrogen-bond donors (Lipinski definition) is 2. The first kappa shape index (κ1) is 13.0. The summed E-state index contributed by atoms with van der Waals surface area (Å²) in [7, 11) is 0. The molecule has 0 radical (unpaired) electrons. The van der Waals surface area contributed by atoms with Gasteiger partial charge in [-0.15, -0.1) is 11.6 Å². The Morgan fingerprint density at radius 3 is 2.53 bits per heavy atom. The van der Waals surface area contributed by atoms with E-state index >= 15 is 0 Å². The van der Waals surface area contributed by atoms with Gasteiger partial charge in [-0.2, -0.15) is 11.3 Å². The summed E-state index contributed by atoms with van der Waals surface area (Å²) < 4.78 is 0.890. The Morgan fingerprint density at radius 2 is 1.89 bits per heavy atom. The molecule has 1 atom stereocenters. The zero-order valence-electron chi connectivity index (χ0n) is 9.96. The number of halogens is 2. The van der Waals surface area contributed by atoms with E-state index in [0.717, 1.165) is 26.6 Å². The minimum Gasteiger partial charge on any atom is -0.306 e. The van der Waals surface area contributed by atoms with E-state index in [1.807, 2.05) is 19.1 Å². The van der Waals surface area contributed by atoms with E-state index in [1.54, 1.807) is 11.3 Å². The average Bonchev–Trinajstić information content (AvgIpc) is 2.92. The molecule has 0 amide bonds. The topological polar surface area (TPSA) is 48.6 Å². The second-order valence-corrected chi connectivity index (χ2v) is 6.41. The Morgan fingerprint density at radius 1 is 1.21 bits per heavy atom. The van der Waals surface area contributed by atoms with E-state index in [2.05, 4.69) is 36.7 Å². The van der Waals surface area contributed by atoms with E-state index in [1.165, 1.54) is 5.56 Å². The molecule has 0 bridgehead atoms. The van der Waals surface area contributed by atoms with Crippen LogP contribution in [-0.2, 0) is 0 Å². The Labute approximate surface area is 126 Å². The van der Waals surface area contributed by atoms with Crippen LogP contribution >= 0.6 is 38.9 Å². The third-order valence-electron chi connectivity index (χ3n) is 3.07. The molecule has 0 fully saturated rings. The number of imidazole rings is 1. The lowest BCUT2D eigenvalue weighted by molar-refractivity contribution is 1.12. The van der Waals surface area contributed by atoms with Gasteiger partial charge in [-0.05, 0) is 46.5 Å². The summed E-state index contributed by atoms with van der Waals surface area (Å²) in [5.41, 5.74) is 4.56. The molecule has 3 aromatic rings. The van der Waals surface area contributed by atoms with Gasteiger partial charge in [0.2, 0.25) is 0 Å². The number of aromatic amines is 2. The Kier molecular flexibility index (Phi) is 3.28. The molecule has 3 rings (SSSR count). The number of aromatic nitrogens is 2. The van der Waals surface area contributed by atoms with E-state index < -0.39 is 0 Å². The van der Waals surface area contributed by atoms with Gasteiger partial charge in [-0.3, -0.25) is 0 Å². The molecule has 2 aromatic heterocycles. The zero-order valence-corrected chi connectivity index (χ0v) is 13.1. The van der Waals surface area contributed by atoms with Crippen LogP contribution in [0, 0.1) is 6.92 Å². The van der Waals surface area contributed by atoms with Crippen LogP contribution < -0.4 is 5.69 Å². The molecule has 0 saturated heterocycles. The fourth-order valence-electron chi connectivity index (χ4n) is 2.06. The van der Waals surface area contributed by atoms with Crippen molar-refractivity contribution >= 4 is 49.9 Å². The summed E-state index contributed by atoms with van der Waals surface area (Å²) in [6, 6.07) is 3.78. The van der Waals surface area contributed by atoms with Crippen LogP contribution in [0.5, 0.6) is 0 Å². The van der Waals surface area contributed by atoms with Crippen LogP contribution in [0.15, 0.2) is 32.2 Å². The van der Waals surface area contributed by atoms with Crippen molar-refractivity contribution in [1.82, 2.24) is 9.97 Å². The molecule has 19 heavy (non-hydrogen) atoms. The highest BCUT2D eigenvalue weighted by Crippen LogP contribution is 2.37. The Bertz CT molecular complexity index is 804. The monoisotopic (exact) mass is 356 g/mol. The van der Waals surface area contributed by atoms with Gasteiger partial charge in [0.1, 0.15) is 0 Å². The minimum atomic E-state index is -0.233. The van der Waals surface area contributed by atoms with Crippen molar-refractivity contribution in [2.24, 2.45) is 0 Å². The van der Waals surface area contributed by atoms with Gasteiger partial charge in [-0.25, -0.2) is 4.79 Å². The molecule has 0 aliphatic carbocycles. The van der Waals surface area contributed by atoms with Crippen LogP contribution in [-0.4, -0.2) is 9.97 Å². The summed E-state index contributed by atoms with van der Waals surface area (Å²) in [6.45, 7) is 2.05. The first-order chi connectivity index (χ1) is 9.06. The Balaban J connectivity index is 2.16. The fraction of sp³-hybridized carbons (Fsp3) is 0.154. The first-order valence-corrected chi connectivity index (χ1v) is 7.81. The fourth-order valence-corrected chi connectivity index (χ4v) is 4.14. The van der Waals surface area contributed by atoms with Crippen molar-refractivity contribution < 1.29 is 0 Å².